The quantitative estimate of drug-likeness (QED) is 0.887. The fourth-order valence-electron chi connectivity index (χ4n) is 2.08. The summed E-state index contributed by atoms with van der Waals surface area (Å²) in [5, 5.41) is 12.4. The SMILES string of the molecule is N#CC1CCCC1Nc1cccc(Br)c1. The molecule has 0 amide bonds. The Balaban J connectivity index is 2.06. The number of halogens is 1. The van der Waals surface area contributed by atoms with Crippen molar-refractivity contribution in [2.45, 2.75) is 25.3 Å². The van der Waals surface area contributed by atoms with E-state index in [4.69, 9.17) is 5.26 Å². The maximum absolute atomic E-state index is 8.97. The molecule has 2 atom stereocenters. The van der Waals surface area contributed by atoms with Crippen LogP contribution < -0.4 is 5.32 Å². The van der Waals surface area contributed by atoms with Gasteiger partial charge in [0, 0.05) is 16.2 Å². The molecule has 0 heterocycles. The number of nitriles is 1. The van der Waals surface area contributed by atoms with Crippen molar-refractivity contribution in [1.29, 1.82) is 5.26 Å². The maximum Gasteiger partial charge on any atom is 0.0677 e. The second-order valence-corrected chi connectivity index (χ2v) is 4.84. The van der Waals surface area contributed by atoms with Crippen LogP contribution in [-0.4, -0.2) is 6.04 Å². The molecule has 1 aromatic carbocycles. The number of benzene rings is 1. The molecule has 1 aromatic rings. The van der Waals surface area contributed by atoms with Gasteiger partial charge < -0.3 is 5.32 Å². The lowest BCUT2D eigenvalue weighted by Gasteiger charge is -2.16. The Kier molecular flexibility index (Phi) is 3.27. The molecule has 0 aromatic heterocycles. The van der Waals surface area contributed by atoms with Gasteiger partial charge in [-0.15, -0.1) is 0 Å². The smallest absolute Gasteiger partial charge is 0.0677 e. The topological polar surface area (TPSA) is 35.8 Å². The monoisotopic (exact) mass is 264 g/mol. The van der Waals surface area contributed by atoms with Crippen LogP contribution in [0.25, 0.3) is 0 Å². The largest absolute Gasteiger partial charge is 0.381 e. The fourth-order valence-corrected chi connectivity index (χ4v) is 2.48. The summed E-state index contributed by atoms with van der Waals surface area (Å²) in [6, 6.07) is 10.8. The van der Waals surface area contributed by atoms with Crippen LogP contribution in [0.4, 0.5) is 5.69 Å². The maximum atomic E-state index is 8.97. The van der Waals surface area contributed by atoms with Crippen LogP contribution in [-0.2, 0) is 0 Å². The first kappa shape index (κ1) is 10.5. The summed E-state index contributed by atoms with van der Waals surface area (Å²) >= 11 is 3.44. The number of anilines is 1. The minimum Gasteiger partial charge on any atom is -0.381 e. The van der Waals surface area contributed by atoms with Crippen LogP contribution in [0.2, 0.25) is 0 Å². The van der Waals surface area contributed by atoms with Gasteiger partial charge in [-0.2, -0.15) is 5.26 Å². The van der Waals surface area contributed by atoms with Crippen molar-refractivity contribution >= 4 is 21.6 Å². The van der Waals surface area contributed by atoms with Gasteiger partial charge in [-0.25, -0.2) is 0 Å². The standard InChI is InChI=1S/C12H13BrN2/c13-10-4-2-5-11(7-10)15-12-6-1-3-9(12)8-14/h2,4-5,7,9,12,15H,1,3,6H2. The molecular weight excluding hydrogens is 252 g/mol. The van der Waals surface area contributed by atoms with Crippen LogP contribution in [0, 0.1) is 17.2 Å². The molecule has 1 saturated carbocycles. The van der Waals surface area contributed by atoms with Crippen molar-refractivity contribution in [1.82, 2.24) is 0 Å². The molecule has 1 fully saturated rings. The van der Waals surface area contributed by atoms with E-state index in [0.29, 0.717) is 6.04 Å². The number of hydrogen-bond donors (Lipinski definition) is 1. The Labute approximate surface area is 98.4 Å². The Morgan fingerprint density at radius 2 is 2.27 bits per heavy atom. The van der Waals surface area contributed by atoms with E-state index in [2.05, 4.69) is 27.3 Å². The minimum absolute atomic E-state index is 0.170. The summed E-state index contributed by atoms with van der Waals surface area (Å²) in [4.78, 5) is 0. The van der Waals surface area contributed by atoms with E-state index >= 15 is 0 Å². The number of nitrogens with zero attached hydrogens (tertiary/aromatic N) is 1. The zero-order valence-electron chi connectivity index (χ0n) is 8.41. The average molecular weight is 265 g/mol. The highest BCUT2D eigenvalue weighted by Crippen LogP contribution is 2.28. The molecule has 0 saturated heterocycles. The molecule has 78 valence electrons. The van der Waals surface area contributed by atoms with Crippen LogP contribution in [0.5, 0.6) is 0 Å². The molecule has 0 spiro atoms. The highest BCUT2D eigenvalue weighted by atomic mass is 79.9. The van der Waals surface area contributed by atoms with Crippen LogP contribution >= 0.6 is 15.9 Å². The zero-order valence-corrected chi connectivity index (χ0v) is 10.00. The van der Waals surface area contributed by atoms with E-state index in [1.54, 1.807) is 0 Å². The molecule has 2 nitrogen and oxygen atoms in total. The van der Waals surface area contributed by atoms with Gasteiger partial charge in [-0.1, -0.05) is 22.0 Å². The Bertz CT molecular complexity index is 383. The Morgan fingerprint density at radius 1 is 1.40 bits per heavy atom. The molecular formula is C12H13BrN2. The second kappa shape index (κ2) is 4.67. The molecule has 2 unspecified atom stereocenters. The first-order valence-electron chi connectivity index (χ1n) is 5.21. The van der Waals surface area contributed by atoms with Crippen molar-refractivity contribution in [2.75, 3.05) is 5.32 Å². The van der Waals surface area contributed by atoms with E-state index in [9.17, 15) is 0 Å². The van der Waals surface area contributed by atoms with Gasteiger partial charge in [0.25, 0.3) is 0 Å². The molecule has 3 heteroatoms. The van der Waals surface area contributed by atoms with E-state index in [-0.39, 0.29) is 5.92 Å². The third kappa shape index (κ3) is 2.51. The molecule has 1 N–H and O–H groups in total. The van der Waals surface area contributed by atoms with Crippen LogP contribution in [0.15, 0.2) is 28.7 Å². The average Bonchev–Trinajstić information content (AvgIpc) is 2.65. The normalized spacial score (nSPS) is 24.8. The first-order chi connectivity index (χ1) is 7.29. The van der Waals surface area contributed by atoms with Gasteiger partial charge in [0.2, 0.25) is 0 Å². The first-order valence-corrected chi connectivity index (χ1v) is 6.00. The summed E-state index contributed by atoms with van der Waals surface area (Å²) in [5.74, 6) is 0.170. The molecule has 0 aliphatic heterocycles. The molecule has 0 radical (unpaired) electrons. The zero-order chi connectivity index (χ0) is 10.7. The third-order valence-electron chi connectivity index (χ3n) is 2.86. The van der Waals surface area contributed by atoms with Gasteiger partial charge in [0.05, 0.1) is 12.0 Å². The van der Waals surface area contributed by atoms with Gasteiger partial charge in [0.1, 0.15) is 0 Å². The summed E-state index contributed by atoms with van der Waals surface area (Å²) < 4.78 is 1.07. The van der Waals surface area contributed by atoms with Crippen molar-refractivity contribution in [2.24, 2.45) is 5.92 Å². The molecule has 1 aliphatic carbocycles. The number of hydrogen-bond acceptors (Lipinski definition) is 2. The van der Waals surface area contributed by atoms with Gasteiger partial charge in [-0.05, 0) is 37.5 Å². The van der Waals surface area contributed by atoms with Gasteiger partial charge in [0.15, 0.2) is 0 Å². The van der Waals surface area contributed by atoms with Crippen LogP contribution in [0.1, 0.15) is 19.3 Å². The van der Waals surface area contributed by atoms with Crippen molar-refractivity contribution < 1.29 is 0 Å². The summed E-state index contributed by atoms with van der Waals surface area (Å²) in [6.45, 7) is 0. The van der Waals surface area contributed by atoms with E-state index in [0.717, 1.165) is 29.4 Å². The minimum atomic E-state index is 0.170. The highest BCUT2D eigenvalue weighted by Gasteiger charge is 2.26. The number of nitrogens with one attached hydrogen (secondary N) is 1. The van der Waals surface area contributed by atoms with Crippen molar-refractivity contribution in [3.63, 3.8) is 0 Å². The van der Waals surface area contributed by atoms with Crippen molar-refractivity contribution in [3.05, 3.63) is 28.7 Å². The van der Waals surface area contributed by atoms with E-state index in [1.807, 2.05) is 24.3 Å². The predicted octanol–water partition coefficient (Wildman–Crippen LogP) is 3.55. The summed E-state index contributed by atoms with van der Waals surface area (Å²) in [5.41, 5.74) is 1.09. The summed E-state index contributed by atoms with van der Waals surface area (Å²) in [7, 11) is 0. The Morgan fingerprint density at radius 3 is 3.00 bits per heavy atom. The predicted molar refractivity (Wildman–Crippen MR) is 64.5 cm³/mol. The lowest BCUT2D eigenvalue weighted by Crippen LogP contribution is -2.22. The van der Waals surface area contributed by atoms with Crippen LogP contribution in [0.3, 0.4) is 0 Å². The van der Waals surface area contributed by atoms with Gasteiger partial charge in [-0.3, -0.25) is 0 Å². The molecule has 2 rings (SSSR count). The number of rotatable bonds is 2. The lowest BCUT2D eigenvalue weighted by atomic mass is 10.1. The van der Waals surface area contributed by atoms with Gasteiger partial charge >= 0.3 is 0 Å². The Hall–Kier alpha value is -1.01. The molecule has 1 aliphatic rings. The lowest BCUT2D eigenvalue weighted by molar-refractivity contribution is 0.630. The third-order valence-corrected chi connectivity index (χ3v) is 3.35. The highest BCUT2D eigenvalue weighted by molar-refractivity contribution is 9.10. The summed E-state index contributed by atoms with van der Waals surface area (Å²) in [6.07, 6.45) is 3.29. The fraction of sp³-hybridized carbons (Fsp3) is 0.417. The second-order valence-electron chi connectivity index (χ2n) is 3.93. The van der Waals surface area contributed by atoms with Crippen molar-refractivity contribution in [3.8, 4) is 6.07 Å². The van der Waals surface area contributed by atoms with E-state index in [1.165, 1.54) is 0 Å². The van der Waals surface area contributed by atoms with E-state index < -0.39 is 0 Å². The molecule has 0 bridgehead atoms. The molecule has 15 heavy (non-hydrogen) atoms.